The molecule has 2 rings (SSSR count). The number of pyridine rings is 1. The van der Waals surface area contributed by atoms with E-state index < -0.39 is 0 Å². The second-order valence-corrected chi connectivity index (χ2v) is 4.48. The normalized spacial score (nSPS) is 10.1. The quantitative estimate of drug-likeness (QED) is 0.859. The molecule has 20 heavy (non-hydrogen) atoms. The molecule has 0 saturated carbocycles. The molecule has 0 saturated heterocycles. The summed E-state index contributed by atoms with van der Waals surface area (Å²) in [6.07, 6.45) is 0. The van der Waals surface area contributed by atoms with Crippen molar-refractivity contribution in [1.29, 1.82) is 5.26 Å². The van der Waals surface area contributed by atoms with E-state index in [0.29, 0.717) is 17.9 Å². The summed E-state index contributed by atoms with van der Waals surface area (Å²) in [6.45, 7) is 4.27. The molecule has 1 heterocycles. The van der Waals surface area contributed by atoms with Gasteiger partial charge in [-0.2, -0.15) is 5.26 Å². The van der Waals surface area contributed by atoms with Gasteiger partial charge in [0.2, 0.25) is 0 Å². The van der Waals surface area contributed by atoms with E-state index in [9.17, 15) is 10.1 Å². The Balaban J connectivity index is 2.77. The van der Waals surface area contributed by atoms with E-state index in [1.807, 2.05) is 50.2 Å². The lowest BCUT2D eigenvalue weighted by Gasteiger charge is -2.13. The Bertz CT molecular complexity index is 739. The maximum atomic E-state index is 12.2. The van der Waals surface area contributed by atoms with Crippen LogP contribution >= 0.6 is 0 Å². The minimum Gasteiger partial charge on any atom is -0.493 e. The van der Waals surface area contributed by atoms with Crippen LogP contribution in [-0.4, -0.2) is 11.2 Å². The molecule has 0 fully saturated rings. The number of hydrogen-bond acceptors (Lipinski definition) is 3. The van der Waals surface area contributed by atoms with Crippen molar-refractivity contribution >= 4 is 0 Å². The molecule has 0 aliphatic carbocycles. The lowest BCUT2D eigenvalue weighted by Crippen LogP contribution is -2.22. The minimum atomic E-state index is -0.284. The van der Waals surface area contributed by atoms with Crippen molar-refractivity contribution in [3.8, 4) is 22.9 Å². The molecule has 0 atom stereocenters. The third-order valence-electron chi connectivity index (χ3n) is 3.26. The van der Waals surface area contributed by atoms with Crippen molar-refractivity contribution in [3.63, 3.8) is 0 Å². The number of hydrogen-bond donors (Lipinski definition) is 0. The molecule has 0 N–H and O–H groups in total. The zero-order valence-electron chi connectivity index (χ0n) is 11.8. The lowest BCUT2D eigenvalue weighted by molar-refractivity contribution is 0.341. The van der Waals surface area contributed by atoms with Crippen LogP contribution in [0.2, 0.25) is 0 Å². The molecule has 1 aromatic heterocycles. The number of rotatable bonds is 3. The third kappa shape index (κ3) is 2.30. The monoisotopic (exact) mass is 268 g/mol. The molecule has 0 radical (unpaired) electrons. The van der Waals surface area contributed by atoms with E-state index in [2.05, 4.69) is 0 Å². The molecule has 1 aromatic carbocycles. The Labute approximate surface area is 117 Å². The first-order valence-electron chi connectivity index (χ1n) is 6.43. The van der Waals surface area contributed by atoms with Gasteiger partial charge in [-0.25, -0.2) is 0 Å². The first kappa shape index (κ1) is 13.9. The average Bonchev–Trinajstić information content (AvgIpc) is 2.45. The van der Waals surface area contributed by atoms with Crippen molar-refractivity contribution < 1.29 is 4.74 Å². The zero-order valence-corrected chi connectivity index (χ0v) is 11.8. The van der Waals surface area contributed by atoms with E-state index in [-0.39, 0.29) is 11.1 Å². The Morgan fingerprint density at radius 2 is 2.00 bits per heavy atom. The summed E-state index contributed by atoms with van der Waals surface area (Å²) in [4.78, 5) is 12.2. The zero-order chi connectivity index (χ0) is 14.7. The highest BCUT2D eigenvalue weighted by Crippen LogP contribution is 2.31. The molecule has 0 bridgehead atoms. The molecular formula is C16H16N2O2. The third-order valence-corrected chi connectivity index (χ3v) is 3.26. The van der Waals surface area contributed by atoms with Gasteiger partial charge >= 0.3 is 0 Å². The summed E-state index contributed by atoms with van der Waals surface area (Å²) in [6, 6.07) is 11.3. The van der Waals surface area contributed by atoms with E-state index >= 15 is 0 Å². The van der Waals surface area contributed by atoms with Crippen molar-refractivity contribution in [2.45, 2.75) is 13.8 Å². The van der Waals surface area contributed by atoms with Gasteiger partial charge in [-0.15, -0.1) is 0 Å². The highest BCUT2D eigenvalue weighted by atomic mass is 16.5. The molecule has 0 aliphatic rings. The predicted molar refractivity (Wildman–Crippen MR) is 77.7 cm³/mol. The predicted octanol–water partition coefficient (Wildman–Crippen LogP) is 2.63. The largest absolute Gasteiger partial charge is 0.493 e. The molecule has 102 valence electrons. The summed E-state index contributed by atoms with van der Waals surface area (Å²) in [5.41, 5.74) is 2.05. The Hall–Kier alpha value is -2.54. The first-order chi connectivity index (χ1) is 9.60. The second-order valence-electron chi connectivity index (χ2n) is 4.48. The van der Waals surface area contributed by atoms with Crippen molar-refractivity contribution in [1.82, 2.24) is 4.57 Å². The highest BCUT2D eigenvalue weighted by Gasteiger charge is 2.15. The van der Waals surface area contributed by atoms with Gasteiger partial charge in [0.15, 0.2) is 0 Å². The van der Waals surface area contributed by atoms with Gasteiger partial charge in [-0.1, -0.05) is 18.2 Å². The van der Waals surface area contributed by atoms with Crippen molar-refractivity contribution in [2.24, 2.45) is 7.05 Å². The van der Waals surface area contributed by atoms with Gasteiger partial charge in [0, 0.05) is 23.9 Å². The number of benzene rings is 1. The lowest BCUT2D eigenvalue weighted by atomic mass is 10.00. The molecule has 0 aliphatic heterocycles. The van der Waals surface area contributed by atoms with Crippen LogP contribution in [0, 0.1) is 18.3 Å². The SMILES string of the molecule is CCOc1ccccc1-c1cc(C)n(C)c(=O)c1C#N. The molecular weight excluding hydrogens is 252 g/mol. The second kappa shape index (κ2) is 5.62. The molecule has 0 amide bonds. The molecule has 0 unspecified atom stereocenters. The number of aryl methyl sites for hydroxylation is 1. The number of nitrogens with zero attached hydrogens (tertiary/aromatic N) is 2. The number of aromatic nitrogens is 1. The van der Waals surface area contributed by atoms with Gasteiger partial charge in [-0.3, -0.25) is 4.79 Å². The van der Waals surface area contributed by atoms with Crippen LogP contribution in [0.1, 0.15) is 18.2 Å². The van der Waals surface area contributed by atoms with Crippen LogP contribution in [0.3, 0.4) is 0 Å². The van der Waals surface area contributed by atoms with Crippen LogP contribution in [0.4, 0.5) is 0 Å². The van der Waals surface area contributed by atoms with Gasteiger partial charge < -0.3 is 9.30 Å². The molecule has 4 nitrogen and oxygen atoms in total. The van der Waals surface area contributed by atoms with Crippen LogP contribution in [0.5, 0.6) is 5.75 Å². The van der Waals surface area contributed by atoms with E-state index in [4.69, 9.17) is 4.74 Å². The fourth-order valence-corrected chi connectivity index (χ4v) is 2.11. The van der Waals surface area contributed by atoms with E-state index in [1.165, 1.54) is 4.57 Å². The number of nitriles is 1. The Kier molecular flexibility index (Phi) is 3.90. The van der Waals surface area contributed by atoms with Crippen LogP contribution in [0.15, 0.2) is 35.1 Å². The Morgan fingerprint density at radius 3 is 2.65 bits per heavy atom. The standard InChI is InChI=1S/C16H16N2O2/c1-4-20-15-8-6-5-7-12(15)13-9-11(2)18(3)16(19)14(13)10-17/h5-9H,4H2,1-3H3. The van der Waals surface area contributed by atoms with Gasteiger partial charge in [0.1, 0.15) is 17.4 Å². The van der Waals surface area contributed by atoms with Crippen LogP contribution in [-0.2, 0) is 7.05 Å². The number of ether oxygens (including phenoxy) is 1. The molecule has 2 aromatic rings. The summed E-state index contributed by atoms with van der Waals surface area (Å²) < 4.78 is 7.06. The maximum Gasteiger partial charge on any atom is 0.269 e. The van der Waals surface area contributed by atoms with E-state index in [1.54, 1.807) is 7.05 Å². The average molecular weight is 268 g/mol. The molecule has 4 heteroatoms. The van der Waals surface area contributed by atoms with Gasteiger partial charge in [0.05, 0.1) is 6.61 Å². The topological polar surface area (TPSA) is 55.0 Å². The van der Waals surface area contributed by atoms with Gasteiger partial charge in [0.25, 0.3) is 5.56 Å². The summed E-state index contributed by atoms with van der Waals surface area (Å²) in [7, 11) is 1.66. The fraction of sp³-hybridized carbons (Fsp3) is 0.250. The van der Waals surface area contributed by atoms with Crippen molar-refractivity contribution in [3.05, 3.63) is 51.9 Å². The van der Waals surface area contributed by atoms with Crippen molar-refractivity contribution in [2.75, 3.05) is 6.61 Å². The first-order valence-corrected chi connectivity index (χ1v) is 6.43. The van der Waals surface area contributed by atoms with Crippen LogP contribution < -0.4 is 10.3 Å². The maximum absolute atomic E-state index is 12.2. The van der Waals surface area contributed by atoms with E-state index in [0.717, 1.165) is 11.3 Å². The summed E-state index contributed by atoms with van der Waals surface area (Å²) in [5, 5.41) is 9.29. The summed E-state index contributed by atoms with van der Waals surface area (Å²) in [5.74, 6) is 0.680. The van der Waals surface area contributed by atoms with Crippen LogP contribution in [0.25, 0.3) is 11.1 Å². The fourth-order valence-electron chi connectivity index (χ4n) is 2.11. The minimum absolute atomic E-state index is 0.144. The highest BCUT2D eigenvalue weighted by molar-refractivity contribution is 5.75. The molecule has 0 spiro atoms. The summed E-state index contributed by atoms with van der Waals surface area (Å²) >= 11 is 0. The smallest absolute Gasteiger partial charge is 0.269 e. The van der Waals surface area contributed by atoms with Gasteiger partial charge in [-0.05, 0) is 26.0 Å². The Morgan fingerprint density at radius 1 is 1.30 bits per heavy atom. The number of para-hydroxylation sites is 1.